The summed E-state index contributed by atoms with van der Waals surface area (Å²) in [7, 11) is 0. The number of hydrogen-bond acceptors (Lipinski definition) is 3. The van der Waals surface area contributed by atoms with Gasteiger partial charge in [-0.1, -0.05) is 102 Å². The monoisotopic (exact) mass is 515 g/mol. The van der Waals surface area contributed by atoms with Gasteiger partial charge in [0.05, 0.1) is 17.2 Å². The largest absolute Gasteiger partial charge is 0.492 e. The first-order valence-corrected chi connectivity index (χ1v) is 14.0. The summed E-state index contributed by atoms with van der Waals surface area (Å²) in [6.07, 6.45) is 18.5. The van der Waals surface area contributed by atoms with Crippen molar-refractivity contribution in [2.24, 2.45) is 0 Å². The van der Waals surface area contributed by atoms with E-state index in [1.165, 1.54) is 101 Å². The number of ether oxygens (including phenoxy) is 1. The van der Waals surface area contributed by atoms with Gasteiger partial charge in [0.25, 0.3) is 5.91 Å². The van der Waals surface area contributed by atoms with Crippen LogP contribution in [0.5, 0.6) is 5.75 Å². The molecule has 0 saturated carbocycles. The second-order valence-electron chi connectivity index (χ2n) is 9.43. The molecule has 36 heavy (non-hydrogen) atoms. The Morgan fingerprint density at radius 2 is 1.25 bits per heavy atom. The Morgan fingerprint density at radius 3 is 1.75 bits per heavy atom. The molecular weight excluding hydrogens is 474 g/mol. The van der Waals surface area contributed by atoms with Crippen molar-refractivity contribution in [2.45, 2.75) is 96.8 Å². The fourth-order valence-electron chi connectivity index (χ4n) is 4.14. The van der Waals surface area contributed by atoms with Gasteiger partial charge in [-0.25, -0.2) is 4.79 Å². The number of unbranched alkanes of at least 4 members (excludes halogenated alkanes) is 13. The smallest absolute Gasteiger partial charge is 0.335 e. The summed E-state index contributed by atoms with van der Waals surface area (Å²) in [6.45, 7) is 2.89. The Balaban J connectivity index is 1.54. The van der Waals surface area contributed by atoms with Gasteiger partial charge in [0.1, 0.15) is 5.75 Å². The van der Waals surface area contributed by atoms with Crippen molar-refractivity contribution in [1.29, 1.82) is 0 Å². The lowest BCUT2D eigenvalue weighted by molar-refractivity contribution is 0.0696. The van der Waals surface area contributed by atoms with Crippen molar-refractivity contribution in [1.82, 2.24) is 0 Å². The summed E-state index contributed by atoms with van der Waals surface area (Å²) in [5.41, 5.74) is 1.06. The normalized spacial score (nSPS) is 10.8. The molecule has 0 aromatic heterocycles. The number of carboxylic acid groups (broad SMARTS) is 1. The lowest BCUT2D eigenvalue weighted by Crippen LogP contribution is -2.12. The average molecular weight is 516 g/mol. The molecule has 0 spiro atoms. The number of nitrogens with one attached hydrogen (secondary N) is 1. The topological polar surface area (TPSA) is 75.6 Å². The molecule has 2 rings (SSSR count). The molecular formula is C30H42ClNO4. The Kier molecular flexibility index (Phi) is 14.7. The fraction of sp³-hybridized carbons (Fsp3) is 0.533. The van der Waals surface area contributed by atoms with Crippen LogP contribution in [0.1, 0.15) is 118 Å². The summed E-state index contributed by atoms with van der Waals surface area (Å²) < 4.78 is 5.82. The molecule has 1 amide bonds. The first-order chi connectivity index (χ1) is 17.5. The van der Waals surface area contributed by atoms with Gasteiger partial charge in [-0.2, -0.15) is 0 Å². The number of carbonyl (C=O) groups excluding carboxylic acids is 1. The molecule has 0 aliphatic heterocycles. The molecule has 0 fully saturated rings. The Morgan fingerprint density at radius 1 is 0.750 bits per heavy atom. The summed E-state index contributed by atoms with van der Waals surface area (Å²) in [5.74, 6) is -0.757. The molecule has 0 atom stereocenters. The van der Waals surface area contributed by atoms with Crippen molar-refractivity contribution in [3.8, 4) is 5.75 Å². The summed E-state index contributed by atoms with van der Waals surface area (Å²) in [5, 5.41) is 12.2. The summed E-state index contributed by atoms with van der Waals surface area (Å²) in [6, 6.07) is 10.9. The van der Waals surface area contributed by atoms with E-state index in [-0.39, 0.29) is 11.5 Å². The molecule has 2 N–H and O–H groups in total. The van der Waals surface area contributed by atoms with Crippen LogP contribution in [0.15, 0.2) is 42.5 Å². The van der Waals surface area contributed by atoms with Crippen molar-refractivity contribution in [3.05, 3.63) is 58.6 Å². The van der Waals surface area contributed by atoms with E-state index in [2.05, 4.69) is 12.2 Å². The molecule has 0 radical (unpaired) electrons. The third-order valence-electron chi connectivity index (χ3n) is 6.34. The molecule has 0 saturated heterocycles. The zero-order chi connectivity index (χ0) is 26.0. The van der Waals surface area contributed by atoms with Gasteiger partial charge in [-0.3, -0.25) is 4.79 Å². The Bertz CT molecular complexity index is 914. The third-order valence-corrected chi connectivity index (χ3v) is 6.63. The van der Waals surface area contributed by atoms with Crippen LogP contribution in [-0.2, 0) is 0 Å². The van der Waals surface area contributed by atoms with E-state index in [1.54, 1.807) is 18.2 Å². The molecule has 2 aromatic rings. The maximum Gasteiger partial charge on any atom is 0.335 e. The zero-order valence-corrected chi connectivity index (χ0v) is 22.5. The van der Waals surface area contributed by atoms with Crippen LogP contribution >= 0.6 is 11.6 Å². The standard InChI is InChI=1S/C30H42ClNO4/c1-2-3-4-5-6-7-8-9-10-11-12-13-14-15-22-36-28-21-20-26(23-27(28)31)32-29(33)24-16-18-25(19-17-24)30(34)35/h16-21,23H,2-15,22H2,1H3,(H,32,33)(H,34,35). The van der Waals surface area contributed by atoms with Crippen molar-refractivity contribution in [2.75, 3.05) is 11.9 Å². The molecule has 5 nitrogen and oxygen atoms in total. The summed E-state index contributed by atoms with van der Waals surface area (Å²) >= 11 is 6.34. The minimum Gasteiger partial charge on any atom is -0.492 e. The number of hydrogen-bond donors (Lipinski definition) is 2. The number of carboxylic acids is 1. The quantitative estimate of drug-likeness (QED) is 0.183. The second-order valence-corrected chi connectivity index (χ2v) is 9.83. The molecule has 2 aromatic carbocycles. The van der Waals surface area contributed by atoms with Crippen LogP contribution in [0.4, 0.5) is 5.69 Å². The van der Waals surface area contributed by atoms with E-state index >= 15 is 0 Å². The zero-order valence-electron chi connectivity index (χ0n) is 21.7. The predicted molar refractivity (Wildman–Crippen MR) is 149 cm³/mol. The summed E-state index contributed by atoms with van der Waals surface area (Å²) in [4.78, 5) is 23.3. The van der Waals surface area contributed by atoms with Gasteiger partial charge >= 0.3 is 5.97 Å². The predicted octanol–water partition coefficient (Wildman–Crippen LogP) is 9.15. The third kappa shape index (κ3) is 11.9. The van der Waals surface area contributed by atoms with Gasteiger partial charge in [0.15, 0.2) is 0 Å². The van der Waals surface area contributed by atoms with Crippen LogP contribution < -0.4 is 10.1 Å². The van der Waals surface area contributed by atoms with E-state index < -0.39 is 5.97 Å². The molecule has 198 valence electrons. The Hall–Kier alpha value is -2.53. The maximum atomic E-state index is 12.4. The van der Waals surface area contributed by atoms with Gasteiger partial charge in [0, 0.05) is 11.3 Å². The number of rotatable bonds is 19. The minimum atomic E-state index is -1.03. The van der Waals surface area contributed by atoms with Gasteiger partial charge in [0.2, 0.25) is 0 Å². The van der Waals surface area contributed by atoms with Crippen LogP contribution in [0, 0.1) is 0 Å². The highest BCUT2D eigenvalue weighted by molar-refractivity contribution is 6.32. The molecule has 0 aliphatic rings. The van der Waals surface area contributed by atoms with E-state index in [0.29, 0.717) is 28.6 Å². The van der Waals surface area contributed by atoms with E-state index in [0.717, 1.165) is 12.8 Å². The first-order valence-electron chi connectivity index (χ1n) is 13.6. The van der Waals surface area contributed by atoms with Crippen molar-refractivity contribution in [3.63, 3.8) is 0 Å². The molecule has 0 bridgehead atoms. The lowest BCUT2D eigenvalue weighted by atomic mass is 10.0. The molecule has 0 aliphatic carbocycles. The van der Waals surface area contributed by atoms with Crippen LogP contribution in [0.3, 0.4) is 0 Å². The highest BCUT2D eigenvalue weighted by atomic mass is 35.5. The molecule has 0 unspecified atom stereocenters. The fourth-order valence-corrected chi connectivity index (χ4v) is 4.38. The van der Waals surface area contributed by atoms with Crippen LogP contribution in [-0.4, -0.2) is 23.6 Å². The second kappa shape index (κ2) is 17.8. The van der Waals surface area contributed by atoms with Crippen molar-refractivity contribution < 1.29 is 19.4 Å². The SMILES string of the molecule is CCCCCCCCCCCCCCCCOc1ccc(NC(=O)c2ccc(C(=O)O)cc2)cc1Cl. The number of carbonyl (C=O) groups is 2. The lowest BCUT2D eigenvalue weighted by Gasteiger charge is -2.11. The van der Waals surface area contributed by atoms with E-state index in [1.807, 2.05) is 0 Å². The van der Waals surface area contributed by atoms with E-state index in [9.17, 15) is 9.59 Å². The number of halogens is 1. The minimum absolute atomic E-state index is 0.134. The maximum absolute atomic E-state index is 12.4. The Labute approximate surface area is 221 Å². The molecule has 6 heteroatoms. The highest BCUT2D eigenvalue weighted by Crippen LogP contribution is 2.28. The average Bonchev–Trinajstić information content (AvgIpc) is 2.87. The van der Waals surface area contributed by atoms with Crippen LogP contribution in [0.25, 0.3) is 0 Å². The number of aromatic carboxylic acids is 1. The van der Waals surface area contributed by atoms with Gasteiger partial charge in [-0.05, 0) is 48.9 Å². The number of benzene rings is 2. The number of amides is 1. The van der Waals surface area contributed by atoms with Crippen molar-refractivity contribution >= 4 is 29.2 Å². The van der Waals surface area contributed by atoms with Gasteiger partial charge in [-0.15, -0.1) is 0 Å². The number of anilines is 1. The highest BCUT2D eigenvalue weighted by Gasteiger charge is 2.10. The molecule has 0 heterocycles. The van der Waals surface area contributed by atoms with Crippen LogP contribution in [0.2, 0.25) is 5.02 Å². The van der Waals surface area contributed by atoms with Gasteiger partial charge < -0.3 is 15.2 Å². The first kappa shape index (κ1) is 29.7. The van der Waals surface area contributed by atoms with E-state index in [4.69, 9.17) is 21.4 Å².